The van der Waals surface area contributed by atoms with Gasteiger partial charge in [0, 0.05) is 58.3 Å². The van der Waals surface area contributed by atoms with Crippen molar-refractivity contribution < 1.29 is 18.0 Å². The van der Waals surface area contributed by atoms with Crippen LogP contribution in [0.3, 0.4) is 0 Å². The maximum Gasteiger partial charge on any atom is 0.445 e. The fourth-order valence-electron chi connectivity index (χ4n) is 3.95. The number of hydrogen-bond acceptors (Lipinski definition) is 7. The zero-order chi connectivity index (χ0) is 17.7. The number of alkyl halides is 3. The molecule has 0 aromatic carbocycles. The Hall–Kier alpha value is -1.46. The van der Waals surface area contributed by atoms with Gasteiger partial charge in [0.15, 0.2) is 0 Å². The number of piperazine rings is 1. The van der Waals surface area contributed by atoms with Crippen molar-refractivity contribution in [3.05, 3.63) is 5.01 Å². The SMILES string of the molecule is O=C(N1CCN(c2nnc(C(F)(F)F)s2)CC1)C12CNCC1CNC2. The van der Waals surface area contributed by atoms with Gasteiger partial charge < -0.3 is 20.4 Å². The molecular weight excluding hydrogens is 357 g/mol. The van der Waals surface area contributed by atoms with E-state index in [0.717, 1.165) is 13.1 Å². The summed E-state index contributed by atoms with van der Waals surface area (Å²) in [5.41, 5.74) is -0.367. The van der Waals surface area contributed by atoms with Crippen molar-refractivity contribution in [3.63, 3.8) is 0 Å². The lowest BCUT2D eigenvalue weighted by Gasteiger charge is -2.39. The van der Waals surface area contributed by atoms with Crippen LogP contribution in [-0.2, 0) is 11.0 Å². The number of amides is 1. The van der Waals surface area contributed by atoms with Crippen molar-refractivity contribution in [2.75, 3.05) is 57.3 Å². The molecule has 0 aliphatic carbocycles. The molecule has 138 valence electrons. The van der Waals surface area contributed by atoms with E-state index in [0.29, 0.717) is 56.5 Å². The van der Waals surface area contributed by atoms with E-state index in [4.69, 9.17) is 0 Å². The summed E-state index contributed by atoms with van der Waals surface area (Å²) in [6, 6.07) is 0. The van der Waals surface area contributed by atoms with E-state index >= 15 is 0 Å². The molecule has 0 unspecified atom stereocenters. The molecule has 0 atom stereocenters. The van der Waals surface area contributed by atoms with Gasteiger partial charge in [-0.25, -0.2) is 0 Å². The Bertz CT molecular complexity index is 647. The van der Waals surface area contributed by atoms with Crippen LogP contribution < -0.4 is 15.5 Å². The van der Waals surface area contributed by atoms with Crippen LogP contribution in [0.4, 0.5) is 18.3 Å². The normalized spacial score (nSPS) is 30.0. The summed E-state index contributed by atoms with van der Waals surface area (Å²) in [5.74, 6) is 0.468. The Morgan fingerprint density at radius 2 is 1.76 bits per heavy atom. The van der Waals surface area contributed by atoms with Gasteiger partial charge in [-0.1, -0.05) is 11.3 Å². The summed E-state index contributed by atoms with van der Waals surface area (Å²) >= 11 is 0.551. The number of carbonyl (C=O) groups is 1. The first kappa shape index (κ1) is 17.0. The van der Waals surface area contributed by atoms with Gasteiger partial charge in [-0.15, -0.1) is 10.2 Å². The molecule has 3 saturated heterocycles. The van der Waals surface area contributed by atoms with Crippen LogP contribution in [0.5, 0.6) is 0 Å². The summed E-state index contributed by atoms with van der Waals surface area (Å²) < 4.78 is 38.0. The Balaban J connectivity index is 1.40. The molecule has 11 heteroatoms. The highest BCUT2D eigenvalue weighted by atomic mass is 32.1. The van der Waals surface area contributed by atoms with E-state index in [1.54, 1.807) is 4.90 Å². The van der Waals surface area contributed by atoms with Crippen LogP contribution >= 0.6 is 11.3 Å². The molecule has 0 bridgehead atoms. The molecule has 7 nitrogen and oxygen atoms in total. The molecule has 3 aliphatic rings. The van der Waals surface area contributed by atoms with E-state index in [1.807, 2.05) is 4.90 Å². The molecular formula is C14H19F3N6OS. The molecule has 2 N–H and O–H groups in total. The van der Waals surface area contributed by atoms with Crippen molar-refractivity contribution in [1.82, 2.24) is 25.7 Å². The van der Waals surface area contributed by atoms with Crippen LogP contribution in [0.25, 0.3) is 0 Å². The maximum atomic E-state index is 13.0. The highest BCUT2D eigenvalue weighted by Crippen LogP contribution is 2.38. The summed E-state index contributed by atoms with van der Waals surface area (Å²) in [4.78, 5) is 16.6. The van der Waals surface area contributed by atoms with Gasteiger partial charge in [-0.3, -0.25) is 4.79 Å². The molecule has 1 aromatic heterocycles. The number of nitrogens with zero attached hydrogens (tertiary/aromatic N) is 4. The van der Waals surface area contributed by atoms with Gasteiger partial charge in [-0.2, -0.15) is 13.2 Å². The van der Waals surface area contributed by atoms with Crippen LogP contribution in [0.1, 0.15) is 5.01 Å². The number of hydrogen-bond donors (Lipinski definition) is 2. The lowest BCUT2D eigenvalue weighted by atomic mass is 9.79. The Labute approximate surface area is 146 Å². The van der Waals surface area contributed by atoms with Crippen LogP contribution in [-0.4, -0.2) is 73.4 Å². The number of rotatable bonds is 2. The predicted octanol–water partition coefficient (Wildman–Crippen LogP) is 0.0145. The predicted molar refractivity (Wildman–Crippen MR) is 85.4 cm³/mol. The Morgan fingerprint density at radius 3 is 2.32 bits per heavy atom. The second kappa shape index (κ2) is 6.06. The molecule has 1 amide bonds. The Kier molecular flexibility index (Phi) is 4.12. The third-order valence-electron chi connectivity index (χ3n) is 5.36. The maximum absolute atomic E-state index is 13.0. The minimum absolute atomic E-state index is 0.153. The highest BCUT2D eigenvalue weighted by Gasteiger charge is 2.53. The third kappa shape index (κ3) is 2.87. The quantitative estimate of drug-likeness (QED) is 0.758. The van der Waals surface area contributed by atoms with Gasteiger partial charge in [0.2, 0.25) is 16.0 Å². The van der Waals surface area contributed by atoms with E-state index in [1.165, 1.54) is 0 Å². The first-order valence-corrected chi connectivity index (χ1v) is 9.08. The average molecular weight is 376 g/mol. The monoisotopic (exact) mass is 376 g/mol. The smallest absolute Gasteiger partial charge is 0.343 e. The van der Waals surface area contributed by atoms with Crippen molar-refractivity contribution in [1.29, 1.82) is 0 Å². The highest BCUT2D eigenvalue weighted by molar-refractivity contribution is 7.15. The van der Waals surface area contributed by atoms with E-state index < -0.39 is 11.2 Å². The molecule has 0 spiro atoms. The molecule has 3 fully saturated rings. The van der Waals surface area contributed by atoms with Gasteiger partial charge in [-0.05, 0) is 0 Å². The van der Waals surface area contributed by atoms with Gasteiger partial charge in [0.1, 0.15) is 0 Å². The number of anilines is 1. The summed E-state index contributed by atoms with van der Waals surface area (Å²) in [6.07, 6.45) is -4.47. The van der Waals surface area contributed by atoms with Crippen molar-refractivity contribution >= 4 is 22.4 Å². The number of carbonyl (C=O) groups excluding carboxylic acids is 1. The Morgan fingerprint density at radius 1 is 1.12 bits per heavy atom. The van der Waals surface area contributed by atoms with E-state index in [-0.39, 0.29) is 16.5 Å². The first-order valence-electron chi connectivity index (χ1n) is 8.27. The van der Waals surface area contributed by atoms with Crippen molar-refractivity contribution in [2.45, 2.75) is 6.18 Å². The zero-order valence-electron chi connectivity index (χ0n) is 13.5. The molecule has 0 radical (unpaired) electrons. The van der Waals surface area contributed by atoms with E-state index in [9.17, 15) is 18.0 Å². The van der Waals surface area contributed by atoms with Gasteiger partial charge >= 0.3 is 6.18 Å². The van der Waals surface area contributed by atoms with Crippen molar-refractivity contribution in [3.8, 4) is 0 Å². The fourth-order valence-corrected chi connectivity index (χ4v) is 4.72. The second-order valence-electron chi connectivity index (χ2n) is 6.78. The lowest BCUT2D eigenvalue weighted by Crippen LogP contribution is -2.55. The summed E-state index contributed by atoms with van der Waals surface area (Å²) in [5, 5.41) is 12.8. The standard InChI is InChI=1S/C14H19F3N6OS/c15-14(16,17)10-20-21-12(25-10)23-3-1-22(2-4-23)11(24)13-7-18-5-9(13)6-19-8-13/h9,18-19H,1-8H2. The molecule has 3 aliphatic heterocycles. The van der Waals surface area contributed by atoms with E-state index in [2.05, 4.69) is 20.8 Å². The average Bonchev–Trinajstić information content (AvgIpc) is 3.28. The molecule has 0 saturated carbocycles. The topological polar surface area (TPSA) is 73.4 Å². The van der Waals surface area contributed by atoms with Gasteiger partial charge in [0.05, 0.1) is 5.41 Å². The summed E-state index contributed by atoms with van der Waals surface area (Å²) in [7, 11) is 0. The first-order chi connectivity index (χ1) is 11.9. The van der Waals surface area contributed by atoms with Crippen molar-refractivity contribution in [2.24, 2.45) is 11.3 Å². The fraction of sp³-hybridized carbons (Fsp3) is 0.786. The number of nitrogens with one attached hydrogen (secondary N) is 2. The number of aromatic nitrogens is 2. The molecule has 4 heterocycles. The van der Waals surface area contributed by atoms with Crippen LogP contribution in [0.15, 0.2) is 0 Å². The number of halogens is 3. The lowest BCUT2D eigenvalue weighted by molar-refractivity contribution is -0.142. The van der Waals surface area contributed by atoms with Crippen LogP contribution in [0.2, 0.25) is 0 Å². The minimum Gasteiger partial charge on any atom is -0.343 e. The molecule has 25 heavy (non-hydrogen) atoms. The molecule has 1 aromatic rings. The minimum atomic E-state index is -4.47. The third-order valence-corrected chi connectivity index (χ3v) is 6.39. The number of fused-ring (bicyclic) bond motifs is 1. The second-order valence-corrected chi connectivity index (χ2v) is 7.74. The largest absolute Gasteiger partial charge is 0.445 e. The van der Waals surface area contributed by atoms with Gasteiger partial charge in [0.25, 0.3) is 0 Å². The molecule has 4 rings (SSSR count). The zero-order valence-corrected chi connectivity index (χ0v) is 14.3. The summed E-state index contributed by atoms with van der Waals surface area (Å²) in [6.45, 7) is 5.01. The van der Waals surface area contributed by atoms with Crippen LogP contribution in [0, 0.1) is 11.3 Å².